The highest BCUT2D eigenvalue weighted by atomic mass is 16.3. The molecule has 7 nitrogen and oxygen atoms in total. The Morgan fingerprint density at radius 3 is 2.50 bits per heavy atom. The van der Waals surface area contributed by atoms with E-state index in [-0.39, 0.29) is 12.5 Å². The summed E-state index contributed by atoms with van der Waals surface area (Å²) in [5.41, 5.74) is 3.52. The number of hydrogen-bond acceptors (Lipinski definition) is 5. The summed E-state index contributed by atoms with van der Waals surface area (Å²) in [6.45, 7) is 7.39. The van der Waals surface area contributed by atoms with Gasteiger partial charge in [-0.3, -0.25) is 4.79 Å². The van der Waals surface area contributed by atoms with E-state index in [1.807, 2.05) is 50.2 Å². The summed E-state index contributed by atoms with van der Waals surface area (Å²) in [6, 6.07) is 13.7. The number of aliphatic hydroxyl groups is 1. The first-order chi connectivity index (χ1) is 13.3. The first kappa shape index (κ1) is 19.7. The molecule has 0 aliphatic rings. The second-order valence-corrected chi connectivity index (χ2v) is 7.49. The third-order valence-electron chi connectivity index (χ3n) is 4.51. The molecule has 0 aliphatic heterocycles. The van der Waals surface area contributed by atoms with Gasteiger partial charge in [0.2, 0.25) is 0 Å². The number of carbonyl (C=O) groups is 1. The van der Waals surface area contributed by atoms with Gasteiger partial charge in [0.05, 0.1) is 17.8 Å². The van der Waals surface area contributed by atoms with E-state index >= 15 is 0 Å². The van der Waals surface area contributed by atoms with Gasteiger partial charge >= 0.3 is 0 Å². The van der Waals surface area contributed by atoms with E-state index < -0.39 is 5.54 Å². The van der Waals surface area contributed by atoms with E-state index in [1.54, 1.807) is 24.6 Å². The molecule has 3 aromatic rings. The van der Waals surface area contributed by atoms with Gasteiger partial charge in [-0.2, -0.15) is 4.68 Å². The third kappa shape index (κ3) is 4.26. The molecule has 146 valence electrons. The predicted molar refractivity (Wildman–Crippen MR) is 107 cm³/mol. The van der Waals surface area contributed by atoms with Crippen LogP contribution in [0.4, 0.5) is 0 Å². The normalized spacial score (nSPS) is 11.5. The Balaban J connectivity index is 2.11. The molecule has 0 aliphatic carbocycles. The standard InChI is InChI=1S/C21H25N5O2/c1-5-19-23-24-25-26(19)18-11-16(15-8-6-14(2)7-9-15)10-17(12-18)20(28)22-21(3,4)13-27/h6-12,27H,5,13H2,1-4H3,(H,22,28). The maximum absolute atomic E-state index is 12.8. The second kappa shape index (κ2) is 7.90. The van der Waals surface area contributed by atoms with E-state index in [4.69, 9.17) is 0 Å². The average molecular weight is 379 g/mol. The zero-order chi connectivity index (χ0) is 20.3. The van der Waals surface area contributed by atoms with Crippen LogP contribution >= 0.6 is 0 Å². The summed E-state index contributed by atoms with van der Waals surface area (Å²) in [4.78, 5) is 12.8. The van der Waals surface area contributed by atoms with E-state index in [9.17, 15) is 9.90 Å². The van der Waals surface area contributed by atoms with Crippen LogP contribution in [0.15, 0.2) is 42.5 Å². The Labute approximate surface area is 164 Å². The summed E-state index contributed by atoms with van der Waals surface area (Å²) in [6.07, 6.45) is 0.667. The Bertz CT molecular complexity index is 977. The molecular formula is C21H25N5O2. The minimum Gasteiger partial charge on any atom is -0.394 e. The summed E-state index contributed by atoms with van der Waals surface area (Å²) in [5, 5.41) is 24.2. The number of amides is 1. The van der Waals surface area contributed by atoms with E-state index in [0.717, 1.165) is 16.7 Å². The SMILES string of the molecule is CCc1nnnn1-c1cc(C(=O)NC(C)(C)CO)cc(-c2ccc(C)cc2)c1. The highest BCUT2D eigenvalue weighted by Gasteiger charge is 2.21. The molecule has 0 saturated heterocycles. The molecule has 1 amide bonds. The van der Waals surface area contributed by atoms with Crippen molar-refractivity contribution in [1.29, 1.82) is 0 Å². The molecule has 0 unspecified atom stereocenters. The summed E-state index contributed by atoms with van der Waals surface area (Å²) in [5.74, 6) is 0.448. The van der Waals surface area contributed by atoms with Crippen molar-refractivity contribution in [2.24, 2.45) is 0 Å². The number of nitrogens with one attached hydrogen (secondary N) is 1. The van der Waals surface area contributed by atoms with E-state index in [2.05, 4.69) is 20.8 Å². The van der Waals surface area contributed by atoms with Gasteiger partial charge in [-0.1, -0.05) is 36.8 Å². The highest BCUT2D eigenvalue weighted by Crippen LogP contribution is 2.25. The maximum atomic E-state index is 12.8. The fourth-order valence-electron chi connectivity index (χ4n) is 2.82. The van der Waals surface area contributed by atoms with Crippen LogP contribution < -0.4 is 5.32 Å². The number of tetrazole rings is 1. The topological polar surface area (TPSA) is 92.9 Å². The van der Waals surface area contributed by atoms with Gasteiger partial charge in [0.25, 0.3) is 5.91 Å². The van der Waals surface area contributed by atoms with Crippen molar-refractivity contribution in [2.45, 2.75) is 39.7 Å². The molecule has 0 radical (unpaired) electrons. The number of rotatable bonds is 6. The fourth-order valence-corrected chi connectivity index (χ4v) is 2.82. The van der Waals surface area contributed by atoms with Crippen molar-refractivity contribution in [2.75, 3.05) is 6.61 Å². The molecule has 0 spiro atoms. The van der Waals surface area contributed by atoms with Crippen LogP contribution in [0.3, 0.4) is 0 Å². The monoisotopic (exact) mass is 379 g/mol. The lowest BCUT2D eigenvalue weighted by Crippen LogP contribution is -2.46. The Hall–Kier alpha value is -3.06. The zero-order valence-corrected chi connectivity index (χ0v) is 16.6. The molecule has 7 heteroatoms. The molecule has 0 bridgehead atoms. The Morgan fingerprint density at radius 2 is 1.86 bits per heavy atom. The first-order valence-electron chi connectivity index (χ1n) is 9.26. The Morgan fingerprint density at radius 1 is 1.14 bits per heavy atom. The molecule has 2 N–H and O–H groups in total. The van der Waals surface area contributed by atoms with Crippen LogP contribution in [-0.4, -0.2) is 43.4 Å². The maximum Gasteiger partial charge on any atom is 0.251 e. The van der Waals surface area contributed by atoms with Gasteiger partial charge in [-0.25, -0.2) is 0 Å². The van der Waals surface area contributed by atoms with E-state index in [1.165, 1.54) is 0 Å². The fraction of sp³-hybridized carbons (Fsp3) is 0.333. The molecule has 0 saturated carbocycles. The number of hydrogen-bond donors (Lipinski definition) is 2. The first-order valence-corrected chi connectivity index (χ1v) is 9.26. The smallest absolute Gasteiger partial charge is 0.251 e. The van der Waals surface area contributed by atoms with Crippen LogP contribution in [-0.2, 0) is 6.42 Å². The third-order valence-corrected chi connectivity index (χ3v) is 4.51. The summed E-state index contributed by atoms with van der Waals surface area (Å²) < 4.78 is 1.64. The number of carbonyl (C=O) groups excluding carboxylic acids is 1. The van der Waals surface area contributed by atoms with Crippen LogP contribution in [0, 0.1) is 6.92 Å². The van der Waals surface area contributed by atoms with Gasteiger partial charge in [0.15, 0.2) is 5.82 Å². The van der Waals surface area contributed by atoms with Crippen LogP contribution in [0.1, 0.15) is 42.5 Å². The van der Waals surface area contributed by atoms with Crippen molar-refractivity contribution in [3.8, 4) is 16.8 Å². The van der Waals surface area contributed by atoms with Gasteiger partial charge in [-0.15, -0.1) is 5.10 Å². The predicted octanol–water partition coefficient (Wildman–Crippen LogP) is 2.70. The lowest BCUT2D eigenvalue weighted by molar-refractivity contribution is 0.0869. The lowest BCUT2D eigenvalue weighted by atomic mass is 9.99. The highest BCUT2D eigenvalue weighted by molar-refractivity contribution is 5.96. The largest absolute Gasteiger partial charge is 0.394 e. The van der Waals surface area contributed by atoms with Gasteiger partial charge in [0.1, 0.15) is 0 Å². The van der Waals surface area contributed by atoms with Crippen molar-refractivity contribution < 1.29 is 9.90 Å². The number of benzene rings is 2. The average Bonchev–Trinajstić information content (AvgIpc) is 3.17. The second-order valence-electron chi connectivity index (χ2n) is 7.49. The van der Waals surface area contributed by atoms with Crippen LogP contribution in [0.25, 0.3) is 16.8 Å². The van der Waals surface area contributed by atoms with Crippen LogP contribution in [0.5, 0.6) is 0 Å². The van der Waals surface area contributed by atoms with Crippen molar-refractivity contribution >= 4 is 5.91 Å². The molecule has 2 aromatic carbocycles. The van der Waals surface area contributed by atoms with Crippen molar-refractivity contribution in [3.05, 3.63) is 59.4 Å². The lowest BCUT2D eigenvalue weighted by Gasteiger charge is -2.23. The molecule has 0 fully saturated rings. The number of aryl methyl sites for hydroxylation is 2. The molecule has 3 rings (SSSR count). The molecule has 28 heavy (non-hydrogen) atoms. The van der Waals surface area contributed by atoms with Gasteiger partial charge in [0, 0.05) is 12.0 Å². The Kier molecular flexibility index (Phi) is 5.56. The van der Waals surface area contributed by atoms with Crippen LogP contribution in [0.2, 0.25) is 0 Å². The number of aliphatic hydroxyl groups excluding tert-OH is 1. The molecule has 1 heterocycles. The zero-order valence-electron chi connectivity index (χ0n) is 16.6. The minimum absolute atomic E-state index is 0.157. The van der Waals surface area contributed by atoms with Crippen molar-refractivity contribution in [3.63, 3.8) is 0 Å². The molecular weight excluding hydrogens is 354 g/mol. The molecule has 1 aromatic heterocycles. The summed E-state index contributed by atoms with van der Waals surface area (Å²) >= 11 is 0. The van der Waals surface area contributed by atoms with Crippen molar-refractivity contribution in [1.82, 2.24) is 25.5 Å². The number of aromatic nitrogens is 4. The van der Waals surface area contributed by atoms with E-state index in [0.29, 0.717) is 23.5 Å². The minimum atomic E-state index is -0.722. The number of nitrogens with zero attached hydrogens (tertiary/aromatic N) is 4. The summed E-state index contributed by atoms with van der Waals surface area (Å²) in [7, 11) is 0. The van der Waals surface area contributed by atoms with Gasteiger partial charge < -0.3 is 10.4 Å². The van der Waals surface area contributed by atoms with Gasteiger partial charge in [-0.05, 0) is 60.5 Å². The quantitative estimate of drug-likeness (QED) is 0.687. The molecule has 0 atom stereocenters.